The number of aromatic nitrogens is 4. The molecule has 0 atom stereocenters. The molecule has 2 aromatic carbocycles. The van der Waals surface area contributed by atoms with E-state index in [-0.39, 0.29) is 12.2 Å². The number of benzene rings is 2. The maximum atomic E-state index is 13.7. The molecule has 4 aromatic rings. The predicted molar refractivity (Wildman–Crippen MR) is 96.2 cm³/mol. The second kappa shape index (κ2) is 6.48. The number of hydrogen-bond acceptors (Lipinski definition) is 4. The van der Waals surface area contributed by atoms with Crippen LogP contribution in [0.2, 0.25) is 0 Å². The standard InChI is InChI=1S/C20H15FN4O/c1-25-12-22-11-18(25)14-2-3-15-10-23-20(24-17(15)8-14)9-19(26)13-4-6-16(21)7-5-13/h2-8,10-12H,9H2,1H3/i4D,5D,6D,7D. The molecule has 4 rings (SSSR count). The van der Waals surface area contributed by atoms with Gasteiger partial charge in [-0.05, 0) is 30.2 Å². The minimum absolute atomic E-state index is 0.163. The largest absolute Gasteiger partial charge is 0.334 e. The molecule has 0 saturated carbocycles. The highest BCUT2D eigenvalue weighted by Gasteiger charge is 2.11. The molecule has 2 heterocycles. The van der Waals surface area contributed by atoms with Gasteiger partial charge in [0.25, 0.3) is 0 Å². The van der Waals surface area contributed by atoms with Crippen LogP contribution in [0.5, 0.6) is 0 Å². The van der Waals surface area contributed by atoms with Gasteiger partial charge in [0.15, 0.2) is 5.78 Å². The van der Waals surface area contributed by atoms with E-state index in [0.717, 1.165) is 16.6 Å². The smallest absolute Gasteiger partial charge is 0.170 e. The lowest BCUT2D eigenvalue weighted by molar-refractivity contribution is 0.0991. The SMILES string of the molecule is [2H]c1c([2H])c(C(=O)Cc2ncc3ccc(-c4cncn4C)cc3n2)c([2H])c([2H])c1F. The van der Waals surface area contributed by atoms with Gasteiger partial charge in [-0.25, -0.2) is 19.3 Å². The van der Waals surface area contributed by atoms with Crippen molar-refractivity contribution in [2.75, 3.05) is 0 Å². The van der Waals surface area contributed by atoms with Gasteiger partial charge in [-0.3, -0.25) is 4.79 Å². The van der Waals surface area contributed by atoms with Crippen molar-refractivity contribution in [3.8, 4) is 11.3 Å². The zero-order valence-electron chi connectivity index (χ0n) is 17.7. The van der Waals surface area contributed by atoms with Crippen molar-refractivity contribution in [2.45, 2.75) is 6.42 Å². The van der Waals surface area contributed by atoms with Gasteiger partial charge in [0.1, 0.15) is 11.6 Å². The number of imidazole rings is 1. The minimum atomic E-state index is -1.29. The van der Waals surface area contributed by atoms with Crippen molar-refractivity contribution in [3.05, 3.63) is 78.3 Å². The minimum Gasteiger partial charge on any atom is -0.334 e. The molecule has 0 radical (unpaired) electrons. The molecule has 5 nitrogen and oxygen atoms in total. The van der Waals surface area contributed by atoms with Gasteiger partial charge in [0.05, 0.1) is 35.6 Å². The number of halogens is 1. The van der Waals surface area contributed by atoms with E-state index >= 15 is 0 Å². The van der Waals surface area contributed by atoms with E-state index in [2.05, 4.69) is 15.0 Å². The maximum absolute atomic E-state index is 13.7. The van der Waals surface area contributed by atoms with Crippen molar-refractivity contribution in [1.82, 2.24) is 19.5 Å². The summed E-state index contributed by atoms with van der Waals surface area (Å²) in [6.45, 7) is 0. The van der Waals surface area contributed by atoms with Crippen molar-refractivity contribution in [1.29, 1.82) is 0 Å². The van der Waals surface area contributed by atoms with Crippen LogP contribution in [0.4, 0.5) is 4.39 Å². The maximum Gasteiger partial charge on any atom is 0.170 e. The molecule has 0 N–H and O–H groups in total. The monoisotopic (exact) mass is 350 g/mol. The van der Waals surface area contributed by atoms with Crippen LogP contribution in [0, 0.1) is 5.82 Å². The van der Waals surface area contributed by atoms with Crippen LogP contribution in [0.15, 0.2) is 61.1 Å². The van der Waals surface area contributed by atoms with Gasteiger partial charge in [0.2, 0.25) is 0 Å². The van der Waals surface area contributed by atoms with Crippen LogP contribution in [-0.2, 0) is 13.5 Å². The first-order valence-electron chi connectivity index (χ1n) is 9.79. The summed E-state index contributed by atoms with van der Waals surface area (Å²) in [4.78, 5) is 25.4. The Balaban J connectivity index is 1.71. The molecule has 0 aliphatic heterocycles. The Bertz CT molecular complexity index is 1290. The van der Waals surface area contributed by atoms with Gasteiger partial charge < -0.3 is 4.57 Å². The second-order valence-electron chi connectivity index (χ2n) is 5.74. The van der Waals surface area contributed by atoms with Gasteiger partial charge in [-0.1, -0.05) is 12.1 Å². The van der Waals surface area contributed by atoms with Gasteiger partial charge >= 0.3 is 0 Å². The third-order valence-corrected chi connectivity index (χ3v) is 3.94. The molecule has 0 aliphatic carbocycles. The van der Waals surface area contributed by atoms with E-state index in [4.69, 9.17) is 5.48 Å². The lowest BCUT2D eigenvalue weighted by Crippen LogP contribution is -2.07. The number of nitrogens with zero attached hydrogens (tertiary/aromatic N) is 4. The van der Waals surface area contributed by atoms with Crippen molar-refractivity contribution in [3.63, 3.8) is 0 Å². The number of aryl methyl sites for hydroxylation is 1. The number of carbonyl (C=O) groups is 1. The number of rotatable bonds is 4. The molecule has 0 bridgehead atoms. The fraction of sp³-hybridized carbons (Fsp3) is 0.100. The summed E-state index contributed by atoms with van der Waals surface area (Å²) in [5, 5.41) is 0.767. The Kier molecular flexibility index (Phi) is 3.00. The van der Waals surface area contributed by atoms with E-state index in [0.29, 0.717) is 5.52 Å². The van der Waals surface area contributed by atoms with E-state index in [1.165, 1.54) is 0 Å². The molecular weight excluding hydrogens is 331 g/mol. The topological polar surface area (TPSA) is 60.7 Å². The summed E-state index contributed by atoms with van der Waals surface area (Å²) in [5.41, 5.74) is 1.91. The van der Waals surface area contributed by atoms with Gasteiger partial charge in [-0.2, -0.15) is 0 Å². The third-order valence-electron chi connectivity index (χ3n) is 3.94. The summed E-state index contributed by atoms with van der Waals surface area (Å²) >= 11 is 0. The Morgan fingerprint density at radius 2 is 2.04 bits per heavy atom. The highest BCUT2D eigenvalue weighted by atomic mass is 19.1. The first kappa shape index (κ1) is 12.0. The summed E-state index contributed by atoms with van der Waals surface area (Å²) < 4.78 is 46.4. The lowest BCUT2D eigenvalue weighted by atomic mass is 10.1. The van der Waals surface area contributed by atoms with E-state index < -0.39 is 41.3 Å². The number of Topliss-reactive ketones (excluding diaryl/α,β-unsaturated/α-hetero) is 1. The number of fused-ring (bicyclic) bond motifs is 1. The Morgan fingerprint density at radius 1 is 1.23 bits per heavy atom. The highest BCUT2D eigenvalue weighted by Crippen LogP contribution is 2.22. The quantitative estimate of drug-likeness (QED) is 0.528. The zero-order chi connectivity index (χ0) is 21.6. The molecular formula is C20H15FN4O. The molecule has 0 fully saturated rings. The number of carbonyl (C=O) groups excluding carboxylic acids is 1. The predicted octanol–water partition coefficient (Wildman–Crippen LogP) is 3.59. The molecule has 0 saturated heterocycles. The Morgan fingerprint density at radius 3 is 2.77 bits per heavy atom. The van der Waals surface area contributed by atoms with Crippen molar-refractivity contribution in [2.24, 2.45) is 7.05 Å². The molecule has 2 aromatic heterocycles. The molecule has 0 aliphatic rings. The molecule has 0 unspecified atom stereocenters. The molecule has 6 heteroatoms. The van der Waals surface area contributed by atoms with Gasteiger partial charge in [0, 0.05) is 29.8 Å². The highest BCUT2D eigenvalue weighted by molar-refractivity contribution is 5.97. The first-order chi connectivity index (χ1) is 14.3. The summed E-state index contributed by atoms with van der Waals surface area (Å²) in [6.07, 6.45) is 4.64. The fourth-order valence-electron chi connectivity index (χ4n) is 2.61. The van der Waals surface area contributed by atoms with Crippen LogP contribution in [0.25, 0.3) is 22.2 Å². The van der Waals surface area contributed by atoms with Crippen LogP contribution in [0.3, 0.4) is 0 Å². The average molecular weight is 350 g/mol. The zero-order valence-corrected chi connectivity index (χ0v) is 13.7. The average Bonchev–Trinajstić information content (AvgIpc) is 3.16. The first-order valence-corrected chi connectivity index (χ1v) is 7.79. The Hall–Kier alpha value is -3.41. The van der Waals surface area contributed by atoms with E-state index in [9.17, 15) is 9.18 Å². The third kappa shape index (κ3) is 3.09. The molecule has 0 amide bonds. The second-order valence-corrected chi connectivity index (χ2v) is 5.74. The fourth-order valence-corrected chi connectivity index (χ4v) is 2.61. The molecule has 128 valence electrons. The van der Waals surface area contributed by atoms with E-state index in [1.54, 1.807) is 18.7 Å². The van der Waals surface area contributed by atoms with Crippen LogP contribution in [-0.4, -0.2) is 25.3 Å². The summed E-state index contributed by atoms with van der Waals surface area (Å²) in [7, 11) is 1.87. The summed E-state index contributed by atoms with van der Waals surface area (Å²) in [5.74, 6) is -1.84. The normalized spacial score (nSPS) is 13.2. The molecule has 0 spiro atoms. The lowest BCUT2D eigenvalue weighted by Gasteiger charge is -2.06. The number of hydrogen-bond donors (Lipinski definition) is 0. The number of ketones is 1. The van der Waals surface area contributed by atoms with Crippen LogP contribution < -0.4 is 0 Å². The van der Waals surface area contributed by atoms with Crippen LogP contribution in [0.1, 0.15) is 21.7 Å². The summed E-state index contributed by atoms with van der Waals surface area (Å²) in [6, 6.07) is 2.44. The Labute approximate surface area is 154 Å². The van der Waals surface area contributed by atoms with E-state index in [1.807, 2.05) is 29.8 Å². The van der Waals surface area contributed by atoms with Crippen molar-refractivity contribution < 1.29 is 14.7 Å². The van der Waals surface area contributed by atoms with Crippen molar-refractivity contribution >= 4 is 16.7 Å². The molecule has 26 heavy (non-hydrogen) atoms. The van der Waals surface area contributed by atoms with Crippen LogP contribution >= 0.6 is 0 Å². The van der Waals surface area contributed by atoms with Gasteiger partial charge in [-0.15, -0.1) is 0 Å².